The monoisotopic (exact) mass is 317 g/mol. The standard InChI is InChI=1S/C17H23N3O3/c18-16(21)11-20-14-9-19(10-15(14)23-12-17(20)22)8-4-7-13-5-2-1-3-6-13/h1-3,5-6,14-15H,4,7-12H2,(H2,18,21). The Labute approximate surface area is 136 Å². The second kappa shape index (κ2) is 7.10. The molecule has 6 nitrogen and oxygen atoms in total. The molecule has 0 radical (unpaired) electrons. The summed E-state index contributed by atoms with van der Waals surface area (Å²) in [7, 11) is 0. The number of ether oxygens (including phenoxy) is 1. The summed E-state index contributed by atoms with van der Waals surface area (Å²) in [5, 5.41) is 0. The number of primary amides is 1. The Morgan fingerprint density at radius 1 is 1.26 bits per heavy atom. The van der Waals surface area contributed by atoms with E-state index in [0.29, 0.717) is 0 Å². The first kappa shape index (κ1) is 16.0. The second-order valence-corrected chi connectivity index (χ2v) is 6.25. The quantitative estimate of drug-likeness (QED) is 0.802. The van der Waals surface area contributed by atoms with Crippen molar-refractivity contribution in [2.24, 2.45) is 5.73 Å². The zero-order valence-electron chi connectivity index (χ0n) is 13.2. The molecule has 0 spiro atoms. The van der Waals surface area contributed by atoms with E-state index in [4.69, 9.17) is 10.5 Å². The minimum absolute atomic E-state index is 0.0104. The first-order chi connectivity index (χ1) is 11.1. The number of nitrogens with zero attached hydrogens (tertiary/aromatic N) is 2. The zero-order valence-corrected chi connectivity index (χ0v) is 13.2. The zero-order chi connectivity index (χ0) is 16.2. The summed E-state index contributed by atoms with van der Waals surface area (Å²) in [4.78, 5) is 27.0. The van der Waals surface area contributed by atoms with Gasteiger partial charge in [-0.2, -0.15) is 0 Å². The first-order valence-corrected chi connectivity index (χ1v) is 8.09. The topological polar surface area (TPSA) is 75.9 Å². The summed E-state index contributed by atoms with van der Waals surface area (Å²) in [5.74, 6) is -0.613. The van der Waals surface area contributed by atoms with Gasteiger partial charge in [-0.3, -0.25) is 14.5 Å². The summed E-state index contributed by atoms with van der Waals surface area (Å²) in [5.41, 5.74) is 6.60. The predicted octanol–water partition coefficient (Wildman–Crippen LogP) is 0.0161. The third-order valence-electron chi connectivity index (χ3n) is 4.56. The molecule has 2 N–H and O–H groups in total. The number of rotatable bonds is 6. The molecule has 2 amide bonds. The van der Waals surface area contributed by atoms with E-state index in [9.17, 15) is 9.59 Å². The Bertz CT molecular complexity index is 563. The number of carbonyl (C=O) groups excluding carboxylic acids is 2. The summed E-state index contributed by atoms with van der Waals surface area (Å²) < 4.78 is 5.64. The van der Waals surface area contributed by atoms with E-state index >= 15 is 0 Å². The molecule has 0 saturated carbocycles. The van der Waals surface area contributed by atoms with Crippen LogP contribution in [0.15, 0.2) is 30.3 Å². The molecular weight excluding hydrogens is 294 g/mol. The van der Waals surface area contributed by atoms with Gasteiger partial charge in [0.05, 0.1) is 18.7 Å². The lowest BCUT2D eigenvalue weighted by atomic mass is 10.1. The van der Waals surface area contributed by atoms with Gasteiger partial charge < -0.3 is 15.4 Å². The van der Waals surface area contributed by atoms with Crippen molar-refractivity contribution in [3.8, 4) is 0 Å². The van der Waals surface area contributed by atoms with Gasteiger partial charge in [-0.15, -0.1) is 0 Å². The Hall–Kier alpha value is -1.92. The lowest BCUT2D eigenvalue weighted by molar-refractivity contribution is -0.155. The molecule has 3 rings (SSSR count). The molecule has 2 saturated heterocycles. The molecule has 2 atom stereocenters. The lowest BCUT2D eigenvalue weighted by Gasteiger charge is -2.35. The number of carbonyl (C=O) groups is 2. The molecule has 0 aliphatic carbocycles. The van der Waals surface area contributed by atoms with Crippen molar-refractivity contribution in [3.05, 3.63) is 35.9 Å². The molecule has 1 aromatic carbocycles. The van der Waals surface area contributed by atoms with E-state index in [1.807, 2.05) is 6.07 Å². The van der Waals surface area contributed by atoms with Gasteiger partial charge in [-0.25, -0.2) is 0 Å². The van der Waals surface area contributed by atoms with Crippen LogP contribution in [-0.4, -0.2) is 66.5 Å². The molecule has 2 aliphatic heterocycles. The van der Waals surface area contributed by atoms with E-state index in [1.54, 1.807) is 4.90 Å². The average molecular weight is 317 g/mol. The van der Waals surface area contributed by atoms with Gasteiger partial charge in [-0.1, -0.05) is 30.3 Å². The third-order valence-corrected chi connectivity index (χ3v) is 4.56. The van der Waals surface area contributed by atoms with E-state index in [1.165, 1.54) is 5.56 Å². The highest BCUT2D eigenvalue weighted by Gasteiger charge is 2.43. The van der Waals surface area contributed by atoms with E-state index < -0.39 is 5.91 Å². The molecule has 6 heteroatoms. The fourth-order valence-corrected chi connectivity index (χ4v) is 3.45. The number of morpholine rings is 1. The largest absolute Gasteiger partial charge is 0.368 e. The van der Waals surface area contributed by atoms with E-state index in [2.05, 4.69) is 29.2 Å². The fraction of sp³-hybridized carbons (Fsp3) is 0.529. The van der Waals surface area contributed by atoms with E-state index in [-0.39, 0.29) is 31.2 Å². The number of fused-ring (bicyclic) bond motifs is 1. The predicted molar refractivity (Wildman–Crippen MR) is 85.6 cm³/mol. The van der Waals surface area contributed by atoms with Crippen LogP contribution in [0.2, 0.25) is 0 Å². The number of likely N-dealkylation sites (tertiary alicyclic amines) is 1. The minimum Gasteiger partial charge on any atom is -0.368 e. The molecule has 2 aliphatic rings. The molecule has 2 fully saturated rings. The van der Waals surface area contributed by atoms with Crippen molar-refractivity contribution in [2.45, 2.75) is 25.0 Å². The van der Waals surface area contributed by atoms with Crippen LogP contribution in [0.5, 0.6) is 0 Å². The van der Waals surface area contributed by atoms with Crippen molar-refractivity contribution in [2.75, 3.05) is 32.8 Å². The molecule has 2 unspecified atom stereocenters. The number of amides is 2. The summed E-state index contributed by atoms with van der Waals surface area (Å²) in [6.45, 7) is 2.55. The Morgan fingerprint density at radius 2 is 2.04 bits per heavy atom. The average Bonchev–Trinajstić information content (AvgIpc) is 2.94. The smallest absolute Gasteiger partial charge is 0.249 e. The highest BCUT2D eigenvalue weighted by molar-refractivity contribution is 5.85. The van der Waals surface area contributed by atoms with Crippen molar-refractivity contribution in [1.82, 2.24) is 9.80 Å². The number of aryl methyl sites for hydroxylation is 1. The van der Waals surface area contributed by atoms with E-state index in [0.717, 1.165) is 32.5 Å². The van der Waals surface area contributed by atoms with Crippen LogP contribution in [0.4, 0.5) is 0 Å². The summed E-state index contributed by atoms with van der Waals surface area (Å²) in [6, 6.07) is 10.4. The van der Waals surface area contributed by atoms with Crippen molar-refractivity contribution in [1.29, 1.82) is 0 Å². The fourth-order valence-electron chi connectivity index (χ4n) is 3.45. The molecule has 23 heavy (non-hydrogen) atoms. The van der Waals surface area contributed by atoms with Crippen LogP contribution >= 0.6 is 0 Å². The van der Waals surface area contributed by atoms with Gasteiger partial charge in [0.2, 0.25) is 11.8 Å². The molecule has 0 bridgehead atoms. The van der Waals surface area contributed by atoms with Crippen LogP contribution in [0.1, 0.15) is 12.0 Å². The third kappa shape index (κ3) is 3.89. The van der Waals surface area contributed by atoms with Gasteiger partial charge in [-0.05, 0) is 24.9 Å². The maximum Gasteiger partial charge on any atom is 0.249 e. The minimum atomic E-state index is -0.471. The number of benzene rings is 1. The molecule has 0 aromatic heterocycles. The number of nitrogens with two attached hydrogens (primary N) is 1. The van der Waals surface area contributed by atoms with Crippen molar-refractivity contribution >= 4 is 11.8 Å². The molecular formula is C17H23N3O3. The second-order valence-electron chi connectivity index (χ2n) is 6.25. The van der Waals surface area contributed by atoms with Gasteiger partial charge in [0.1, 0.15) is 6.61 Å². The Morgan fingerprint density at radius 3 is 2.78 bits per heavy atom. The molecule has 1 aromatic rings. The summed E-state index contributed by atoms with van der Waals surface area (Å²) >= 11 is 0. The molecule has 124 valence electrons. The highest BCUT2D eigenvalue weighted by atomic mass is 16.5. The van der Waals surface area contributed by atoms with Crippen molar-refractivity contribution < 1.29 is 14.3 Å². The van der Waals surface area contributed by atoms with Gasteiger partial charge in [0.15, 0.2) is 0 Å². The van der Waals surface area contributed by atoms with Crippen LogP contribution in [0.3, 0.4) is 0 Å². The Kier molecular flexibility index (Phi) is 4.93. The normalized spacial score (nSPS) is 24.7. The highest BCUT2D eigenvalue weighted by Crippen LogP contribution is 2.23. The maximum atomic E-state index is 12.0. The SMILES string of the molecule is NC(=O)CN1C(=O)COC2CN(CCCc3ccccc3)CC21. The molecule has 2 heterocycles. The Balaban J connectivity index is 1.52. The van der Waals surface area contributed by atoms with Crippen molar-refractivity contribution in [3.63, 3.8) is 0 Å². The van der Waals surface area contributed by atoms with Gasteiger partial charge in [0.25, 0.3) is 0 Å². The van der Waals surface area contributed by atoms with Gasteiger partial charge in [0, 0.05) is 13.1 Å². The van der Waals surface area contributed by atoms with Gasteiger partial charge >= 0.3 is 0 Å². The van der Waals surface area contributed by atoms with Crippen LogP contribution in [0.25, 0.3) is 0 Å². The van der Waals surface area contributed by atoms with Crippen LogP contribution in [0, 0.1) is 0 Å². The first-order valence-electron chi connectivity index (χ1n) is 8.09. The maximum absolute atomic E-state index is 12.0. The number of hydrogen-bond donors (Lipinski definition) is 1. The summed E-state index contributed by atoms with van der Waals surface area (Å²) in [6.07, 6.45) is 2.09. The van der Waals surface area contributed by atoms with Crippen LogP contribution < -0.4 is 5.73 Å². The van der Waals surface area contributed by atoms with Crippen LogP contribution in [-0.2, 0) is 20.7 Å². The lowest BCUT2D eigenvalue weighted by Crippen LogP contribution is -2.56. The number of hydrogen-bond acceptors (Lipinski definition) is 4.